The molecule has 0 aromatic carbocycles. The number of nitrogens with zero attached hydrogens (tertiary/aromatic N) is 2. The van der Waals surface area contributed by atoms with Crippen LogP contribution >= 0.6 is 22.7 Å². The Morgan fingerprint density at radius 3 is 3.04 bits per heavy atom. The van der Waals surface area contributed by atoms with E-state index in [4.69, 9.17) is 4.84 Å². The van der Waals surface area contributed by atoms with Gasteiger partial charge in [0.15, 0.2) is 6.61 Å². The fraction of sp³-hybridized carbons (Fsp3) is 0.353. The summed E-state index contributed by atoms with van der Waals surface area (Å²) >= 11 is 3.08. The van der Waals surface area contributed by atoms with Crippen molar-refractivity contribution in [3.63, 3.8) is 0 Å². The Morgan fingerprint density at radius 2 is 2.29 bits per heavy atom. The molecular formula is C17H17N3O2S2. The summed E-state index contributed by atoms with van der Waals surface area (Å²) in [6, 6.07) is 6.12. The number of amides is 1. The number of carbonyl (C=O) groups excluding carboxylic acids is 1. The summed E-state index contributed by atoms with van der Waals surface area (Å²) in [5.74, 6) is -0.298. The average Bonchev–Trinajstić information content (AvgIpc) is 3.22. The van der Waals surface area contributed by atoms with Gasteiger partial charge in [-0.25, -0.2) is 0 Å². The zero-order valence-electron chi connectivity index (χ0n) is 13.3. The molecule has 1 N–H and O–H groups in total. The number of carbonyl (C=O) groups is 1. The van der Waals surface area contributed by atoms with E-state index in [1.807, 2.05) is 24.4 Å². The summed E-state index contributed by atoms with van der Waals surface area (Å²) in [5.41, 5.74) is 2.46. The van der Waals surface area contributed by atoms with Crippen LogP contribution in [0.5, 0.6) is 0 Å². The number of hydrogen-bond donors (Lipinski definition) is 1. The quantitative estimate of drug-likeness (QED) is 0.649. The monoisotopic (exact) mass is 359 g/mol. The van der Waals surface area contributed by atoms with Crippen molar-refractivity contribution in [1.29, 1.82) is 5.26 Å². The van der Waals surface area contributed by atoms with Gasteiger partial charge in [-0.15, -0.1) is 22.7 Å². The van der Waals surface area contributed by atoms with Crippen LogP contribution in [0.25, 0.3) is 0 Å². The Labute approximate surface area is 148 Å². The van der Waals surface area contributed by atoms with Crippen molar-refractivity contribution in [2.24, 2.45) is 5.16 Å². The molecule has 0 radical (unpaired) electrons. The van der Waals surface area contributed by atoms with Crippen molar-refractivity contribution < 1.29 is 9.63 Å². The highest BCUT2D eigenvalue weighted by atomic mass is 32.1. The fourth-order valence-corrected chi connectivity index (χ4v) is 4.58. The fourth-order valence-electron chi connectivity index (χ4n) is 2.65. The van der Waals surface area contributed by atoms with E-state index < -0.39 is 0 Å². The lowest BCUT2D eigenvalue weighted by atomic mass is 9.96. The van der Waals surface area contributed by atoms with E-state index in [0.29, 0.717) is 10.6 Å². The molecule has 0 saturated heterocycles. The van der Waals surface area contributed by atoms with Gasteiger partial charge in [-0.1, -0.05) is 11.2 Å². The van der Waals surface area contributed by atoms with Crippen LogP contribution < -0.4 is 5.32 Å². The second-order valence-electron chi connectivity index (χ2n) is 5.50. The Morgan fingerprint density at radius 1 is 1.46 bits per heavy atom. The molecule has 0 unspecified atom stereocenters. The lowest BCUT2D eigenvalue weighted by Crippen LogP contribution is -2.17. The second kappa shape index (κ2) is 7.60. The number of aryl methyl sites for hydroxylation is 1. The first-order chi connectivity index (χ1) is 11.7. The highest BCUT2D eigenvalue weighted by molar-refractivity contribution is 7.16. The van der Waals surface area contributed by atoms with Gasteiger partial charge in [0.1, 0.15) is 11.1 Å². The van der Waals surface area contributed by atoms with Gasteiger partial charge in [-0.3, -0.25) is 4.79 Å². The average molecular weight is 359 g/mol. The number of thiophene rings is 2. The highest BCUT2D eigenvalue weighted by Gasteiger charge is 2.21. The molecule has 124 valence electrons. The molecule has 24 heavy (non-hydrogen) atoms. The van der Waals surface area contributed by atoms with Crippen LogP contribution in [0.2, 0.25) is 0 Å². The van der Waals surface area contributed by atoms with E-state index in [1.165, 1.54) is 16.2 Å². The van der Waals surface area contributed by atoms with E-state index in [-0.39, 0.29) is 12.5 Å². The van der Waals surface area contributed by atoms with Crippen LogP contribution in [0.15, 0.2) is 22.7 Å². The topological polar surface area (TPSA) is 74.5 Å². The lowest BCUT2D eigenvalue weighted by molar-refractivity contribution is -0.120. The molecule has 7 heteroatoms. The third-order valence-corrected chi connectivity index (χ3v) is 6.00. The molecule has 1 aliphatic rings. The van der Waals surface area contributed by atoms with Gasteiger partial charge < -0.3 is 10.2 Å². The molecule has 0 atom stereocenters. The lowest BCUT2D eigenvalue weighted by Gasteiger charge is -2.09. The third kappa shape index (κ3) is 3.66. The summed E-state index contributed by atoms with van der Waals surface area (Å²) in [6.07, 6.45) is 4.16. The molecule has 2 aromatic rings. The molecule has 2 aromatic heterocycles. The molecule has 0 spiro atoms. The first-order valence-electron chi connectivity index (χ1n) is 7.74. The normalized spacial score (nSPS) is 13.9. The van der Waals surface area contributed by atoms with E-state index in [2.05, 4.69) is 16.5 Å². The van der Waals surface area contributed by atoms with E-state index in [0.717, 1.165) is 41.8 Å². The largest absolute Gasteiger partial charge is 0.385 e. The number of fused-ring (bicyclic) bond motifs is 1. The van der Waals surface area contributed by atoms with E-state index >= 15 is 0 Å². The van der Waals surface area contributed by atoms with Gasteiger partial charge in [0, 0.05) is 4.88 Å². The summed E-state index contributed by atoms with van der Waals surface area (Å²) in [5, 5.41) is 18.7. The van der Waals surface area contributed by atoms with Gasteiger partial charge in [0.2, 0.25) is 0 Å². The van der Waals surface area contributed by atoms with Crippen molar-refractivity contribution in [2.75, 3.05) is 11.9 Å². The molecule has 0 bridgehead atoms. The second-order valence-corrected chi connectivity index (χ2v) is 7.56. The van der Waals surface area contributed by atoms with Crippen molar-refractivity contribution in [1.82, 2.24) is 0 Å². The van der Waals surface area contributed by atoms with Gasteiger partial charge >= 0.3 is 0 Å². The van der Waals surface area contributed by atoms with Crippen LogP contribution in [0.1, 0.15) is 40.6 Å². The van der Waals surface area contributed by atoms with Crippen molar-refractivity contribution in [3.8, 4) is 6.07 Å². The zero-order valence-corrected chi connectivity index (χ0v) is 14.9. The van der Waals surface area contributed by atoms with Crippen LogP contribution in [-0.4, -0.2) is 18.2 Å². The van der Waals surface area contributed by atoms with E-state index in [9.17, 15) is 10.1 Å². The molecule has 1 amide bonds. The highest BCUT2D eigenvalue weighted by Crippen LogP contribution is 2.37. The molecule has 0 aliphatic heterocycles. The molecule has 2 heterocycles. The van der Waals surface area contributed by atoms with Crippen molar-refractivity contribution >= 4 is 39.3 Å². The van der Waals surface area contributed by atoms with Crippen LogP contribution in [0, 0.1) is 11.3 Å². The van der Waals surface area contributed by atoms with Crippen molar-refractivity contribution in [2.45, 2.75) is 32.6 Å². The van der Waals surface area contributed by atoms with Gasteiger partial charge in [-0.2, -0.15) is 5.26 Å². The first-order valence-corrected chi connectivity index (χ1v) is 9.43. The van der Waals surface area contributed by atoms with Gasteiger partial charge in [0.05, 0.1) is 16.2 Å². The maximum absolute atomic E-state index is 12.1. The summed E-state index contributed by atoms with van der Waals surface area (Å²) in [7, 11) is 0. The van der Waals surface area contributed by atoms with Crippen molar-refractivity contribution in [3.05, 3.63) is 38.4 Å². The third-order valence-electron chi connectivity index (χ3n) is 3.81. The maximum atomic E-state index is 12.1. The Balaban J connectivity index is 1.60. The SMILES string of the molecule is CC(=NOCC(=O)Nc1sc2c(c1C#N)CCCC2)c1cccs1. The van der Waals surface area contributed by atoms with Crippen LogP contribution in [-0.2, 0) is 22.5 Å². The van der Waals surface area contributed by atoms with Crippen LogP contribution in [0.4, 0.5) is 5.00 Å². The van der Waals surface area contributed by atoms with Gasteiger partial charge in [0.25, 0.3) is 5.91 Å². The van der Waals surface area contributed by atoms with Gasteiger partial charge in [-0.05, 0) is 49.6 Å². The number of nitriles is 1. The molecular weight excluding hydrogens is 342 g/mol. The standard InChI is InChI=1S/C17H17N3O2S2/c1-11(14-7-4-8-23-14)20-22-10-16(21)19-17-13(9-18)12-5-2-3-6-15(12)24-17/h4,7-8H,2-3,5-6,10H2,1H3,(H,19,21). The predicted octanol–water partition coefficient (Wildman–Crippen LogP) is 3.94. The molecule has 3 rings (SSSR count). The Hall–Kier alpha value is -2.17. The molecule has 1 aliphatic carbocycles. The zero-order chi connectivity index (χ0) is 16.9. The number of nitrogens with one attached hydrogen (secondary N) is 1. The van der Waals surface area contributed by atoms with Crippen LogP contribution in [0.3, 0.4) is 0 Å². The van der Waals surface area contributed by atoms with E-state index in [1.54, 1.807) is 11.3 Å². The summed E-state index contributed by atoms with van der Waals surface area (Å²) in [6.45, 7) is 1.67. The Bertz CT molecular complexity index is 801. The molecule has 0 fully saturated rings. The molecule has 0 saturated carbocycles. The predicted molar refractivity (Wildman–Crippen MR) is 96.8 cm³/mol. The first kappa shape index (κ1) is 16.7. The minimum Gasteiger partial charge on any atom is -0.385 e. The summed E-state index contributed by atoms with van der Waals surface area (Å²) < 4.78 is 0. The Kier molecular flexibility index (Phi) is 5.28. The smallest absolute Gasteiger partial charge is 0.265 e. The number of oxime groups is 1. The number of anilines is 1. The maximum Gasteiger partial charge on any atom is 0.265 e. The molecule has 5 nitrogen and oxygen atoms in total. The summed E-state index contributed by atoms with van der Waals surface area (Å²) in [4.78, 5) is 19.4. The minimum atomic E-state index is -0.298. The minimum absolute atomic E-state index is 0.170. The number of rotatable bonds is 5. The number of hydrogen-bond acceptors (Lipinski definition) is 6.